The Balaban J connectivity index is 1.91. The maximum atomic E-state index is 13.2. The number of amides is 1. The first-order valence-corrected chi connectivity index (χ1v) is 13.5. The van der Waals surface area contributed by atoms with Crippen LogP contribution in [0.3, 0.4) is 0 Å². The maximum Gasteiger partial charge on any atom is 0.295 e. The van der Waals surface area contributed by atoms with Gasteiger partial charge in [-0.2, -0.15) is 0 Å². The van der Waals surface area contributed by atoms with E-state index in [2.05, 4.69) is 34.7 Å². The van der Waals surface area contributed by atoms with E-state index in [1.54, 1.807) is 17.0 Å². The molecule has 0 unspecified atom stereocenters. The minimum Gasteiger partial charge on any atom is -0.507 e. The van der Waals surface area contributed by atoms with Gasteiger partial charge >= 0.3 is 0 Å². The Labute approximate surface area is 218 Å². The number of halogens is 1. The lowest BCUT2D eigenvalue weighted by Crippen LogP contribution is -2.34. The van der Waals surface area contributed by atoms with Crippen LogP contribution in [0.25, 0.3) is 5.76 Å². The van der Waals surface area contributed by atoms with Crippen LogP contribution >= 0.6 is 15.9 Å². The highest BCUT2D eigenvalue weighted by atomic mass is 79.9. The lowest BCUT2D eigenvalue weighted by Gasteiger charge is -2.27. The molecule has 0 radical (unpaired) electrons. The zero-order valence-electron chi connectivity index (χ0n) is 21.1. The maximum absolute atomic E-state index is 13.2. The summed E-state index contributed by atoms with van der Waals surface area (Å²) in [6.07, 6.45) is 5.39. The van der Waals surface area contributed by atoms with Gasteiger partial charge in [0.25, 0.3) is 11.7 Å². The summed E-state index contributed by atoms with van der Waals surface area (Å²) < 4.78 is 0.862. The van der Waals surface area contributed by atoms with Gasteiger partial charge in [-0.1, -0.05) is 84.6 Å². The van der Waals surface area contributed by atoms with Crippen molar-refractivity contribution >= 4 is 33.4 Å². The molecule has 1 heterocycles. The average molecular weight is 542 g/mol. The van der Waals surface area contributed by atoms with Crippen molar-refractivity contribution in [3.05, 3.63) is 75.3 Å². The molecule has 2 aromatic rings. The SMILES string of the molecule is CCCCN(CCCC)CCCN1C(=O)C(=O)C(=C(O)c2ccc(C)cc2)[C@@H]1c1cccc(Br)c1. The molecular weight excluding hydrogens is 504 g/mol. The van der Waals surface area contributed by atoms with Crippen LogP contribution in [0.5, 0.6) is 0 Å². The number of Topliss-reactive ketones (excluding diaryl/α,β-unsaturated/α-hetero) is 1. The standard InChI is InChI=1S/C29H37BrN2O3/c1-4-6-16-31(17-7-5-2)18-9-19-32-26(23-10-8-11-24(30)20-23)25(28(34)29(32)35)27(33)22-14-12-21(3)13-15-22/h8,10-15,20,26,33H,4-7,9,16-19H2,1-3H3/t26-/m0/s1. The lowest BCUT2D eigenvalue weighted by atomic mass is 9.95. The van der Waals surface area contributed by atoms with E-state index in [0.717, 1.165) is 67.3 Å². The van der Waals surface area contributed by atoms with Crippen molar-refractivity contribution in [1.82, 2.24) is 9.80 Å². The molecule has 0 aromatic heterocycles. The number of rotatable bonds is 12. The molecule has 1 aliphatic heterocycles. The first kappa shape index (κ1) is 27.2. The number of hydrogen-bond acceptors (Lipinski definition) is 4. The van der Waals surface area contributed by atoms with E-state index in [4.69, 9.17) is 0 Å². The molecule has 1 saturated heterocycles. The summed E-state index contributed by atoms with van der Waals surface area (Å²) in [5.41, 5.74) is 2.56. The molecule has 3 rings (SSSR count). The largest absolute Gasteiger partial charge is 0.507 e. The van der Waals surface area contributed by atoms with Crippen LogP contribution < -0.4 is 0 Å². The fraction of sp³-hybridized carbons (Fsp3) is 0.448. The molecule has 2 aromatic carbocycles. The smallest absolute Gasteiger partial charge is 0.295 e. The molecular formula is C29H37BrN2O3. The lowest BCUT2D eigenvalue weighted by molar-refractivity contribution is -0.140. The number of carbonyl (C=O) groups excluding carboxylic acids is 2. The van der Waals surface area contributed by atoms with Crippen LogP contribution in [-0.4, -0.2) is 52.8 Å². The summed E-state index contributed by atoms with van der Waals surface area (Å²) in [5.74, 6) is -1.29. The van der Waals surface area contributed by atoms with Crippen LogP contribution in [0, 0.1) is 6.92 Å². The molecule has 35 heavy (non-hydrogen) atoms. The predicted octanol–water partition coefficient (Wildman–Crippen LogP) is 6.47. The number of ketones is 1. The number of aliphatic hydroxyl groups excluding tert-OH is 1. The number of unbranched alkanes of at least 4 members (excludes halogenated alkanes) is 2. The fourth-order valence-corrected chi connectivity index (χ4v) is 4.98. The highest BCUT2D eigenvalue weighted by Gasteiger charge is 2.45. The number of nitrogens with zero attached hydrogens (tertiary/aromatic N) is 2. The molecule has 1 aliphatic rings. The van der Waals surface area contributed by atoms with E-state index in [9.17, 15) is 14.7 Å². The number of aliphatic hydroxyl groups is 1. The number of benzene rings is 2. The Kier molecular flexibility index (Phi) is 10.1. The second-order valence-corrected chi connectivity index (χ2v) is 10.2. The Morgan fingerprint density at radius 1 is 0.971 bits per heavy atom. The van der Waals surface area contributed by atoms with Crippen LogP contribution in [0.2, 0.25) is 0 Å². The molecule has 188 valence electrons. The third kappa shape index (κ3) is 6.83. The predicted molar refractivity (Wildman–Crippen MR) is 145 cm³/mol. The summed E-state index contributed by atoms with van der Waals surface area (Å²) in [6, 6.07) is 14.4. The third-order valence-corrected chi connectivity index (χ3v) is 7.05. The first-order chi connectivity index (χ1) is 16.9. The van der Waals surface area contributed by atoms with Crippen LogP contribution in [0.4, 0.5) is 0 Å². The monoisotopic (exact) mass is 540 g/mol. The van der Waals surface area contributed by atoms with E-state index in [0.29, 0.717) is 12.1 Å². The number of likely N-dealkylation sites (tertiary alicyclic amines) is 1. The molecule has 0 spiro atoms. The van der Waals surface area contributed by atoms with Gasteiger partial charge in [0.1, 0.15) is 5.76 Å². The van der Waals surface area contributed by atoms with Gasteiger partial charge in [-0.15, -0.1) is 0 Å². The van der Waals surface area contributed by atoms with Gasteiger partial charge in [0.15, 0.2) is 0 Å². The van der Waals surface area contributed by atoms with E-state index < -0.39 is 17.7 Å². The molecule has 5 nitrogen and oxygen atoms in total. The Morgan fingerprint density at radius 2 is 1.60 bits per heavy atom. The van der Waals surface area contributed by atoms with Gasteiger partial charge in [-0.25, -0.2) is 0 Å². The summed E-state index contributed by atoms with van der Waals surface area (Å²) >= 11 is 3.52. The molecule has 1 N–H and O–H groups in total. The van der Waals surface area contributed by atoms with Gasteiger partial charge < -0.3 is 14.9 Å². The number of carbonyl (C=O) groups is 2. The van der Waals surface area contributed by atoms with Crippen LogP contribution in [-0.2, 0) is 9.59 Å². The van der Waals surface area contributed by atoms with Crippen molar-refractivity contribution in [3.63, 3.8) is 0 Å². The number of aryl methyl sites for hydroxylation is 1. The minimum atomic E-state index is -0.623. The van der Waals surface area contributed by atoms with E-state index in [1.165, 1.54) is 0 Å². The van der Waals surface area contributed by atoms with Crippen molar-refractivity contribution in [2.75, 3.05) is 26.2 Å². The first-order valence-electron chi connectivity index (χ1n) is 12.7. The Bertz CT molecular complexity index is 1040. The van der Waals surface area contributed by atoms with Gasteiger partial charge in [0, 0.05) is 16.6 Å². The molecule has 0 bridgehead atoms. The van der Waals surface area contributed by atoms with Crippen molar-refractivity contribution < 1.29 is 14.7 Å². The Morgan fingerprint density at radius 3 is 2.20 bits per heavy atom. The van der Waals surface area contributed by atoms with Crippen LogP contribution in [0.1, 0.15) is 68.7 Å². The highest BCUT2D eigenvalue weighted by molar-refractivity contribution is 9.10. The van der Waals surface area contributed by atoms with Gasteiger partial charge in [0.2, 0.25) is 0 Å². The molecule has 0 saturated carbocycles. The summed E-state index contributed by atoms with van der Waals surface area (Å²) in [6.45, 7) is 9.81. The van der Waals surface area contributed by atoms with Crippen molar-refractivity contribution in [2.45, 2.75) is 58.9 Å². The highest BCUT2D eigenvalue weighted by Crippen LogP contribution is 2.40. The zero-order chi connectivity index (χ0) is 25.4. The van der Waals surface area contributed by atoms with Gasteiger partial charge in [-0.05, 0) is 63.5 Å². The van der Waals surface area contributed by atoms with Gasteiger partial charge in [-0.3, -0.25) is 9.59 Å². The summed E-state index contributed by atoms with van der Waals surface area (Å²) in [5, 5.41) is 11.2. The second-order valence-electron chi connectivity index (χ2n) is 9.32. The molecule has 1 fully saturated rings. The number of hydrogen-bond donors (Lipinski definition) is 1. The molecule has 6 heteroatoms. The van der Waals surface area contributed by atoms with Crippen molar-refractivity contribution in [1.29, 1.82) is 0 Å². The summed E-state index contributed by atoms with van der Waals surface area (Å²) in [4.78, 5) is 30.5. The minimum absolute atomic E-state index is 0.122. The van der Waals surface area contributed by atoms with E-state index in [-0.39, 0.29) is 11.3 Å². The third-order valence-electron chi connectivity index (χ3n) is 6.56. The molecule has 1 amide bonds. The van der Waals surface area contributed by atoms with Crippen molar-refractivity contribution in [3.8, 4) is 0 Å². The Hall–Kier alpha value is -2.44. The van der Waals surface area contributed by atoms with E-state index in [1.807, 2.05) is 43.3 Å². The summed E-state index contributed by atoms with van der Waals surface area (Å²) in [7, 11) is 0. The quantitative estimate of drug-likeness (QED) is 0.190. The average Bonchev–Trinajstić information content (AvgIpc) is 3.10. The molecule has 1 atom stereocenters. The van der Waals surface area contributed by atoms with E-state index >= 15 is 0 Å². The second kappa shape index (κ2) is 13.0. The van der Waals surface area contributed by atoms with Crippen LogP contribution in [0.15, 0.2) is 58.6 Å². The normalized spacial score (nSPS) is 17.5. The van der Waals surface area contributed by atoms with Gasteiger partial charge in [0.05, 0.1) is 11.6 Å². The van der Waals surface area contributed by atoms with Crippen molar-refractivity contribution in [2.24, 2.45) is 0 Å². The zero-order valence-corrected chi connectivity index (χ0v) is 22.7. The topological polar surface area (TPSA) is 60.9 Å². The molecule has 0 aliphatic carbocycles. The fourth-order valence-electron chi connectivity index (χ4n) is 4.56.